The Morgan fingerprint density at radius 2 is 2.17 bits per heavy atom. The Hall–Kier alpha value is -2.57. The number of amides is 1. The van der Waals surface area contributed by atoms with Gasteiger partial charge in [0.05, 0.1) is 0 Å². The molecule has 2 aromatic rings. The van der Waals surface area contributed by atoms with Gasteiger partial charge in [0.25, 0.3) is 12.3 Å². The van der Waals surface area contributed by atoms with Crippen LogP contribution in [0.4, 0.5) is 18.9 Å². The van der Waals surface area contributed by atoms with Gasteiger partial charge in [0.15, 0.2) is 11.4 Å². The van der Waals surface area contributed by atoms with Gasteiger partial charge in [0.1, 0.15) is 12.4 Å². The number of aromatic nitrogens is 1. The second-order valence-electron chi connectivity index (χ2n) is 5.03. The molecule has 0 fully saturated rings. The second kappa shape index (κ2) is 6.28. The molecule has 1 aliphatic heterocycles. The Balaban J connectivity index is 1.88. The highest BCUT2D eigenvalue weighted by molar-refractivity contribution is 6.07. The number of halogens is 3. The van der Waals surface area contributed by atoms with E-state index in [-0.39, 0.29) is 17.3 Å². The van der Waals surface area contributed by atoms with Gasteiger partial charge in [-0.05, 0) is 42.3 Å². The van der Waals surface area contributed by atoms with Crippen LogP contribution >= 0.6 is 0 Å². The number of rotatable bonds is 4. The Labute approximate surface area is 130 Å². The smallest absolute Gasteiger partial charge is 0.280 e. The number of benzene rings is 1. The van der Waals surface area contributed by atoms with Crippen LogP contribution in [0, 0.1) is 5.82 Å². The molecule has 0 bridgehead atoms. The van der Waals surface area contributed by atoms with Crippen LogP contribution in [0.5, 0.6) is 5.75 Å². The highest BCUT2D eigenvalue weighted by Crippen LogP contribution is 2.31. The largest absolute Gasteiger partial charge is 0.485 e. The van der Waals surface area contributed by atoms with E-state index >= 15 is 0 Å². The van der Waals surface area contributed by atoms with Crippen LogP contribution in [0.2, 0.25) is 0 Å². The normalized spacial score (nSPS) is 13.3. The van der Waals surface area contributed by atoms with Gasteiger partial charge in [-0.25, -0.2) is 18.2 Å². The molecule has 1 aromatic heterocycles. The third-order valence-corrected chi connectivity index (χ3v) is 3.52. The average Bonchev–Trinajstić information content (AvgIpc) is 2.95. The van der Waals surface area contributed by atoms with E-state index in [0.29, 0.717) is 18.7 Å². The first-order chi connectivity index (χ1) is 11.1. The summed E-state index contributed by atoms with van der Waals surface area (Å²) in [6, 6.07) is 7.11. The maximum atomic E-state index is 13.2. The molecule has 2 heterocycles. The summed E-state index contributed by atoms with van der Waals surface area (Å²) in [6.45, 7) is -0.434. The quantitative estimate of drug-likeness (QED) is 0.869. The third-order valence-electron chi connectivity index (χ3n) is 3.52. The van der Waals surface area contributed by atoms with Crippen LogP contribution in [0.3, 0.4) is 0 Å². The van der Waals surface area contributed by atoms with E-state index in [1.54, 1.807) is 0 Å². The number of ether oxygens (including phenoxy) is 1. The lowest BCUT2D eigenvalue weighted by molar-refractivity contribution is 0.0796. The molecule has 0 radical (unpaired) electrons. The van der Waals surface area contributed by atoms with Crippen molar-refractivity contribution in [3.05, 3.63) is 53.6 Å². The van der Waals surface area contributed by atoms with Gasteiger partial charge >= 0.3 is 0 Å². The summed E-state index contributed by atoms with van der Waals surface area (Å²) in [6.07, 6.45) is -0.725. The summed E-state index contributed by atoms with van der Waals surface area (Å²) in [5.41, 5.74) is 1.29. The summed E-state index contributed by atoms with van der Waals surface area (Å²) < 4.78 is 42.8. The predicted molar refractivity (Wildman–Crippen MR) is 77.5 cm³/mol. The molecular weight excluding hydrogens is 309 g/mol. The predicted octanol–water partition coefficient (Wildman–Crippen LogP) is 3.07. The fourth-order valence-electron chi connectivity index (χ4n) is 2.53. The van der Waals surface area contributed by atoms with E-state index in [1.165, 1.54) is 41.4 Å². The highest BCUT2D eigenvalue weighted by atomic mass is 19.3. The van der Waals surface area contributed by atoms with Crippen molar-refractivity contribution in [1.82, 2.24) is 4.98 Å². The lowest BCUT2D eigenvalue weighted by atomic mass is 10.1. The summed E-state index contributed by atoms with van der Waals surface area (Å²) in [7, 11) is 0. The first-order valence-corrected chi connectivity index (χ1v) is 7.02. The van der Waals surface area contributed by atoms with Gasteiger partial charge < -0.3 is 9.64 Å². The van der Waals surface area contributed by atoms with E-state index in [1.807, 2.05) is 0 Å². The third kappa shape index (κ3) is 3.13. The van der Waals surface area contributed by atoms with Crippen molar-refractivity contribution in [2.75, 3.05) is 18.1 Å². The van der Waals surface area contributed by atoms with E-state index < -0.39 is 18.9 Å². The SMILES string of the molecule is O=C(c1ncccc1OCC(F)F)N1CCc2cc(F)ccc21. The molecule has 1 aliphatic rings. The summed E-state index contributed by atoms with van der Waals surface area (Å²) >= 11 is 0. The van der Waals surface area contributed by atoms with Crippen molar-refractivity contribution in [3.63, 3.8) is 0 Å². The Bertz CT molecular complexity index is 737. The van der Waals surface area contributed by atoms with Crippen molar-refractivity contribution >= 4 is 11.6 Å². The van der Waals surface area contributed by atoms with Crippen LogP contribution in [0.15, 0.2) is 36.5 Å². The maximum absolute atomic E-state index is 13.2. The van der Waals surface area contributed by atoms with Crippen molar-refractivity contribution in [1.29, 1.82) is 0 Å². The van der Waals surface area contributed by atoms with Gasteiger partial charge in [-0.15, -0.1) is 0 Å². The van der Waals surface area contributed by atoms with Crippen molar-refractivity contribution in [3.8, 4) is 5.75 Å². The van der Waals surface area contributed by atoms with Crippen LogP contribution < -0.4 is 9.64 Å². The van der Waals surface area contributed by atoms with Crippen molar-refractivity contribution < 1.29 is 22.7 Å². The number of fused-ring (bicyclic) bond motifs is 1. The van der Waals surface area contributed by atoms with Gasteiger partial charge in [-0.1, -0.05) is 0 Å². The van der Waals surface area contributed by atoms with E-state index in [9.17, 15) is 18.0 Å². The first kappa shape index (κ1) is 15.3. The summed E-state index contributed by atoms with van der Waals surface area (Å²) in [4.78, 5) is 18.1. The van der Waals surface area contributed by atoms with E-state index in [4.69, 9.17) is 4.74 Å². The van der Waals surface area contributed by atoms with Crippen LogP contribution in [0.25, 0.3) is 0 Å². The number of carbonyl (C=O) groups is 1. The molecule has 7 heteroatoms. The monoisotopic (exact) mass is 322 g/mol. The standard InChI is InChI=1S/C16H13F3N2O2/c17-11-3-4-12-10(8-11)5-7-21(12)16(22)15-13(2-1-6-20-15)23-9-14(18)19/h1-4,6,8,14H,5,7,9H2. The molecular formula is C16H13F3N2O2. The van der Waals surface area contributed by atoms with Gasteiger partial charge in [0, 0.05) is 18.4 Å². The molecule has 1 amide bonds. The van der Waals surface area contributed by atoms with Crippen molar-refractivity contribution in [2.45, 2.75) is 12.8 Å². The molecule has 23 heavy (non-hydrogen) atoms. The molecule has 3 rings (SSSR count). The number of carbonyl (C=O) groups excluding carboxylic acids is 1. The lowest BCUT2D eigenvalue weighted by Gasteiger charge is -2.18. The molecule has 0 atom stereocenters. The van der Waals surface area contributed by atoms with Gasteiger partial charge in [-0.2, -0.15) is 0 Å². The maximum Gasteiger partial charge on any atom is 0.280 e. The number of nitrogens with zero attached hydrogens (tertiary/aromatic N) is 2. The Kier molecular flexibility index (Phi) is 4.18. The van der Waals surface area contributed by atoms with Crippen molar-refractivity contribution in [2.24, 2.45) is 0 Å². The van der Waals surface area contributed by atoms with Crippen LogP contribution in [-0.2, 0) is 6.42 Å². The minimum absolute atomic E-state index is 0.00774. The zero-order valence-electron chi connectivity index (χ0n) is 12.0. The molecule has 0 unspecified atom stereocenters. The Morgan fingerprint density at radius 3 is 2.96 bits per heavy atom. The highest BCUT2D eigenvalue weighted by Gasteiger charge is 2.28. The molecule has 0 saturated carbocycles. The second-order valence-corrected chi connectivity index (χ2v) is 5.03. The molecule has 0 N–H and O–H groups in total. The van der Waals surface area contributed by atoms with Gasteiger partial charge in [0.2, 0.25) is 0 Å². The van der Waals surface area contributed by atoms with Crippen LogP contribution in [-0.4, -0.2) is 30.5 Å². The summed E-state index contributed by atoms with van der Waals surface area (Å²) in [5.74, 6) is -0.814. The topological polar surface area (TPSA) is 42.4 Å². The number of alkyl halides is 2. The lowest BCUT2D eigenvalue weighted by Crippen LogP contribution is -2.30. The zero-order valence-corrected chi connectivity index (χ0v) is 12.0. The molecule has 0 saturated heterocycles. The Morgan fingerprint density at radius 1 is 1.35 bits per heavy atom. The molecule has 0 spiro atoms. The minimum atomic E-state index is -2.64. The first-order valence-electron chi connectivity index (χ1n) is 7.02. The molecule has 4 nitrogen and oxygen atoms in total. The zero-order chi connectivity index (χ0) is 16.4. The number of hydrogen-bond donors (Lipinski definition) is 0. The number of anilines is 1. The number of pyridine rings is 1. The van der Waals surface area contributed by atoms with Crippen LogP contribution in [0.1, 0.15) is 16.1 Å². The molecule has 0 aliphatic carbocycles. The summed E-state index contributed by atoms with van der Waals surface area (Å²) in [5, 5.41) is 0. The molecule has 1 aromatic carbocycles. The average molecular weight is 322 g/mol. The minimum Gasteiger partial charge on any atom is -0.485 e. The van der Waals surface area contributed by atoms with Gasteiger partial charge in [-0.3, -0.25) is 4.79 Å². The number of hydrogen-bond acceptors (Lipinski definition) is 3. The van der Waals surface area contributed by atoms with E-state index in [2.05, 4.69) is 4.98 Å². The fourth-order valence-corrected chi connectivity index (χ4v) is 2.53. The fraction of sp³-hybridized carbons (Fsp3) is 0.250. The van der Waals surface area contributed by atoms with E-state index in [0.717, 1.165) is 5.56 Å². The molecule has 120 valence electrons.